The minimum absolute atomic E-state index is 0.163. The Morgan fingerprint density at radius 3 is 2.52 bits per heavy atom. The Morgan fingerprint density at radius 1 is 1.11 bits per heavy atom. The van der Waals surface area contributed by atoms with E-state index in [2.05, 4.69) is 27.4 Å². The van der Waals surface area contributed by atoms with Gasteiger partial charge in [0.2, 0.25) is 5.91 Å². The lowest BCUT2D eigenvalue weighted by Crippen LogP contribution is -2.33. The summed E-state index contributed by atoms with van der Waals surface area (Å²) in [5, 5.41) is 3.48. The van der Waals surface area contributed by atoms with Crippen molar-refractivity contribution in [2.75, 3.05) is 20.2 Å². The quantitative estimate of drug-likeness (QED) is 0.813. The predicted molar refractivity (Wildman–Crippen MR) is 105 cm³/mol. The van der Waals surface area contributed by atoms with Gasteiger partial charge >= 0.3 is 0 Å². The molecule has 1 fully saturated rings. The summed E-state index contributed by atoms with van der Waals surface area (Å²) in [5.74, 6) is 1.06. The number of ether oxygens (including phenoxy) is 1. The number of nitrogens with zero attached hydrogens (tertiary/aromatic N) is 3. The summed E-state index contributed by atoms with van der Waals surface area (Å²) < 4.78 is 5.18. The minimum atomic E-state index is 0.163. The van der Waals surface area contributed by atoms with Gasteiger partial charge in [-0.15, -0.1) is 0 Å². The molecule has 1 atom stereocenters. The summed E-state index contributed by atoms with van der Waals surface area (Å²) in [6, 6.07) is 8.18. The number of likely N-dealkylation sites (tertiary alicyclic amines) is 1. The van der Waals surface area contributed by atoms with Gasteiger partial charge in [0.25, 0.3) is 0 Å². The second-order valence-electron chi connectivity index (χ2n) is 7.15. The number of hydrogen-bond acceptors (Lipinski definition) is 5. The Balaban J connectivity index is 1.50. The molecular weight excluding hydrogens is 340 g/mol. The highest BCUT2D eigenvalue weighted by atomic mass is 16.5. The van der Waals surface area contributed by atoms with Crippen molar-refractivity contribution in [3.63, 3.8) is 0 Å². The minimum Gasteiger partial charge on any atom is -0.497 e. The first-order valence-electron chi connectivity index (χ1n) is 9.41. The Hall–Kier alpha value is -2.47. The zero-order chi connectivity index (χ0) is 19.4. The number of nitrogens with one attached hydrogen (secondary N) is 1. The fourth-order valence-corrected chi connectivity index (χ4v) is 3.35. The number of rotatable bonds is 7. The zero-order valence-corrected chi connectivity index (χ0v) is 16.6. The van der Waals surface area contributed by atoms with Crippen LogP contribution in [0.15, 0.2) is 24.3 Å². The van der Waals surface area contributed by atoms with Crippen molar-refractivity contribution in [1.82, 2.24) is 20.2 Å². The van der Waals surface area contributed by atoms with E-state index in [1.54, 1.807) is 7.11 Å². The number of amides is 1. The average molecular weight is 368 g/mol. The van der Waals surface area contributed by atoms with E-state index in [-0.39, 0.29) is 11.9 Å². The van der Waals surface area contributed by atoms with Gasteiger partial charge in [-0.1, -0.05) is 12.1 Å². The topological polar surface area (TPSA) is 67.3 Å². The van der Waals surface area contributed by atoms with Crippen molar-refractivity contribution in [3.8, 4) is 5.75 Å². The van der Waals surface area contributed by atoms with E-state index in [1.807, 2.05) is 37.8 Å². The predicted octanol–water partition coefficient (Wildman–Crippen LogP) is 2.34. The molecule has 0 saturated carbocycles. The lowest BCUT2D eigenvalue weighted by molar-refractivity contribution is -0.127. The zero-order valence-electron chi connectivity index (χ0n) is 16.6. The Kier molecular flexibility index (Phi) is 6.06. The molecule has 0 bridgehead atoms. The summed E-state index contributed by atoms with van der Waals surface area (Å²) in [5.41, 5.74) is 5.05. The summed E-state index contributed by atoms with van der Waals surface area (Å²) >= 11 is 0. The molecule has 1 amide bonds. The summed E-state index contributed by atoms with van der Waals surface area (Å²) in [6.07, 6.45) is 1.39. The molecule has 3 rings (SSSR count). The third-order valence-electron chi connectivity index (χ3n) is 5.18. The fraction of sp³-hybridized carbons (Fsp3) is 0.476. The number of carbonyl (C=O) groups is 1. The molecule has 1 saturated heterocycles. The molecule has 2 aromatic rings. The van der Waals surface area contributed by atoms with E-state index in [0.717, 1.165) is 48.0 Å². The van der Waals surface area contributed by atoms with Crippen LogP contribution >= 0.6 is 0 Å². The summed E-state index contributed by atoms with van der Waals surface area (Å²) in [4.78, 5) is 23.4. The third kappa shape index (κ3) is 4.83. The van der Waals surface area contributed by atoms with Gasteiger partial charge in [0.05, 0.1) is 29.9 Å². The van der Waals surface area contributed by atoms with Crippen molar-refractivity contribution in [1.29, 1.82) is 0 Å². The second kappa shape index (κ2) is 8.48. The number of methoxy groups -OCH3 is 1. The molecule has 0 unspecified atom stereocenters. The van der Waals surface area contributed by atoms with Crippen LogP contribution in [0.2, 0.25) is 0 Å². The van der Waals surface area contributed by atoms with Gasteiger partial charge in [-0.25, -0.2) is 0 Å². The molecule has 1 aromatic heterocycles. The van der Waals surface area contributed by atoms with E-state index in [4.69, 9.17) is 4.74 Å². The van der Waals surface area contributed by atoms with Crippen LogP contribution in [0.25, 0.3) is 0 Å². The number of hydrogen-bond donors (Lipinski definition) is 1. The first-order valence-corrected chi connectivity index (χ1v) is 9.41. The molecule has 1 aliphatic rings. The van der Waals surface area contributed by atoms with Crippen LogP contribution in [0.5, 0.6) is 5.75 Å². The molecule has 0 aliphatic carbocycles. The van der Waals surface area contributed by atoms with Crippen molar-refractivity contribution in [2.45, 2.75) is 46.2 Å². The standard InChI is InChI=1S/C21H28N4O2/c1-14-15(2)24-20(16(3)23-14)12-22-18-11-21(26)25(13-18)10-9-17-5-7-19(27-4)8-6-17/h5-8,18,22H,9-13H2,1-4H3/t18-/m1/s1. The highest BCUT2D eigenvalue weighted by Gasteiger charge is 2.29. The van der Waals surface area contributed by atoms with Crippen molar-refractivity contribution in [3.05, 3.63) is 52.6 Å². The van der Waals surface area contributed by atoms with Crippen molar-refractivity contribution in [2.24, 2.45) is 0 Å². The highest BCUT2D eigenvalue weighted by Crippen LogP contribution is 2.16. The van der Waals surface area contributed by atoms with Crippen LogP contribution in [0.1, 0.15) is 34.8 Å². The van der Waals surface area contributed by atoms with Crippen molar-refractivity contribution < 1.29 is 9.53 Å². The van der Waals surface area contributed by atoms with Crippen LogP contribution in [0, 0.1) is 20.8 Å². The van der Waals surface area contributed by atoms with Crippen LogP contribution in [0.3, 0.4) is 0 Å². The van der Waals surface area contributed by atoms with Gasteiger partial charge in [0, 0.05) is 32.1 Å². The monoisotopic (exact) mass is 368 g/mol. The van der Waals surface area contributed by atoms with Crippen LogP contribution < -0.4 is 10.1 Å². The van der Waals surface area contributed by atoms with Gasteiger partial charge in [-0.3, -0.25) is 14.8 Å². The number of aryl methyl sites for hydroxylation is 3. The SMILES string of the molecule is COc1ccc(CCN2C[C@H](NCc3nc(C)c(C)nc3C)CC2=O)cc1. The molecule has 2 heterocycles. The fourth-order valence-electron chi connectivity index (χ4n) is 3.35. The van der Waals surface area contributed by atoms with Gasteiger partial charge in [0.1, 0.15) is 5.75 Å². The van der Waals surface area contributed by atoms with Crippen LogP contribution in [-0.4, -0.2) is 47.0 Å². The molecule has 6 nitrogen and oxygen atoms in total. The van der Waals surface area contributed by atoms with Crippen LogP contribution in [0.4, 0.5) is 0 Å². The molecule has 144 valence electrons. The molecule has 1 N–H and O–H groups in total. The lowest BCUT2D eigenvalue weighted by atomic mass is 10.1. The van der Waals surface area contributed by atoms with Gasteiger partial charge in [0.15, 0.2) is 0 Å². The molecule has 1 aromatic carbocycles. The first-order chi connectivity index (χ1) is 13.0. The smallest absolute Gasteiger partial charge is 0.224 e. The van der Waals surface area contributed by atoms with Crippen molar-refractivity contribution >= 4 is 5.91 Å². The van der Waals surface area contributed by atoms with E-state index in [9.17, 15) is 4.79 Å². The normalized spacial score (nSPS) is 16.8. The Morgan fingerprint density at radius 2 is 1.81 bits per heavy atom. The summed E-state index contributed by atoms with van der Waals surface area (Å²) in [7, 11) is 1.66. The summed E-state index contributed by atoms with van der Waals surface area (Å²) in [6.45, 7) is 8.06. The maximum Gasteiger partial charge on any atom is 0.224 e. The average Bonchev–Trinajstić information content (AvgIpc) is 3.02. The van der Waals surface area contributed by atoms with E-state index in [0.29, 0.717) is 13.0 Å². The Labute approximate surface area is 161 Å². The maximum absolute atomic E-state index is 12.3. The molecule has 1 aliphatic heterocycles. The van der Waals surface area contributed by atoms with Gasteiger partial charge < -0.3 is 15.0 Å². The molecule has 0 radical (unpaired) electrons. The maximum atomic E-state index is 12.3. The number of aromatic nitrogens is 2. The lowest BCUT2D eigenvalue weighted by Gasteiger charge is -2.17. The largest absolute Gasteiger partial charge is 0.497 e. The second-order valence-corrected chi connectivity index (χ2v) is 7.15. The third-order valence-corrected chi connectivity index (χ3v) is 5.18. The van der Waals surface area contributed by atoms with Gasteiger partial charge in [-0.2, -0.15) is 0 Å². The highest BCUT2D eigenvalue weighted by molar-refractivity contribution is 5.79. The van der Waals surface area contributed by atoms with E-state index in [1.165, 1.54) is 5.56 Å². The molecule has 6 heteroatoms. The van der Waals surface area contributed by atoms with E-state index < -0.39 is 0 Å². The number of benzene rings is 1. The molecule has 27 heavy (non-hydrogen) atoms. The van der Waals surface area contributed by atoms with Crippen LogP contribution in [-0.2, 0) is 17.8 Å². The first kappa shape index (κ1) is 19.3. The van der Waals surface area contributed by atoms with E-state index >= 15 is 0 Å². The molecular formula is C21H28N4O2. The van der Waals surface area contributed by atoms with Gasteiger partial charge in [-0.05, 0) is 44.9 Å². The number of carbonyl (C=O) groups excluding carboxylic acids is 1. The Bertz CT molecular complexity index is 805. The molecule has 0 spiro atoms.